The number of rotatable bonds is 4. The predicted octanol–water partition coefficient (Wildman–Crippen LogP) is 4.07. The van der Waals surface area contributed by atoms with Crippen LogP contribution in [0.15, 0.2) is 16.7 Å². The molecule has 0 aliphatic heterocycles. The van der Waals surface area contributed by atoms with Crippen molar-refractivity contribution in [2.75, 3.05) is 11.1 Å². The fourth-order valence-corrected chi connectivity index (χ4v) is 3.70. The summed E-state index contributed by atoms with van der Waals surface area (Å²) in [5.41, 5.74) is 0. The molecule has 2 nitrogen and oxygen atoms in total. The molecule has 1 saturated carbocycles. The Bertz CT molecular complexity index is 389. The lowest BCUT2D eigenvalue weighted by Gasteiger charge is -2.20. The van der Waals surface area contributed by atoms with E-state index in [1.54, 1.807) is 6.20 Å². The Morgan fingerprint density at radius 2 is 2.41 bits per heavy atom. The number of anilines is 1. The molecule has 2 rings (SSSR count). The van der Waals surface area contributed by atoms with Gasteiger partial charge in [-0.2, -0.15) is 11.8 Å². The number of hydrogen-bond donors (Lipinski definition) is 1. The first-order valence-corrected chi connectivity index (χ1v) is 7.74. The highest BCUT2D eigenvalue weighted by atomic mass is 79.9. The van der Waals surface area contributed by atoms with Crippen molar-refractivity contribution in [1.82, 2.24) is 4.98 Å². The first-order valence-electron chi connectivity index (χ1n) is 5.90. The summed E-state index contributed by atoms with van der Waals surface area (Å²) in [5.74, 6) is 1.20. The fraction of sp³-hybridized carbons (Fsp3) is 0.583. The summed E-state index contributed by atoms with van der Waals surface area (Å²) in [6, 6.07) is 1.80. The van der Waals surface area contributed by atoms with E-state index in [2.05, 4.69) is 33.2 Å². The standard InChI is InChI=1S/C12H16BrFN2S/c1-2-17-11-5-3-4-10(11)16-12-9(14)6-8(13)7-15-12/h6-7,10-11H,2-5H2,1H3,(H,15,16). The molecule has 1 aromatic rings. The van der Waals surface area contributed by atoms with Crippen LogP contribution in [0.4, 0.5) is 10.2 Å². The van der Waals surface area contributed by atoms with E-state index in [-0.39, 0.29) is 5.82 Å². The molecule has 1 aliphatic carbocycles. The molecule has 94 valence electrons. The van der Waals surface area contributed by atoms with Crippen molar-refractivity contribution in [3.8, 4) is 0 Å². The monoisotopic (exact) mass is 318 g/mol. The van der Waals surface area contributed by atoms with Gasteiger partial charge in [0.05, 0.1) is 0 Å². The Morgan fingerprint density at radius 3 is 3.12 bits per heavy atom. The van der Waals surface area contributed by atoms with Crippen molar-refractivity contribution >= 4 is 33.5 Å². The zero-order valence-electron chi connectivity index (χ0n) is 9.75. The van der Waals surface area contributed by atoms with Gasteiger partial charge in [-0.05, 0) is 40.6 Å². The van der Waals surface area contributed by atoms with Gasteiger partial charge in [0.1, 0.15) is 0 Å². The van der Waals surface area contributed by atoms with Gasteiger partial charge in [0.25, 0.3) is 0 Å². The molecule has 1 aromatic heterocycles. The summed E-state index contributed by atoms with van der Waals surface area (Å²) in [4.78, 5) is 4.09. The van der Waals surface area contributed by atoms with Gasteiger partial charge in [-0.3, -0.25) is 0 Å². The van der Waals surface area contributed by atoms with Gasteiger partial charge < -0.3 is 5.32 Å². The van der Waals surface area contributed by atoms with Crippen LogP contribution in [0.5, 0.6) is 0 Å². The van der Waals surface area contributed by atoms with Gasteiger partial charge in [-0.1, -0.05) is 13.3 Å². The van der Waals surface area contributed by atoms with Gasteiger partial charge in [-0.15, -0.1) is 0 Å². The lowest BCUT2D eigenvalue weighted by Crippen LogP contribution is -2.27. The Morgan fingerprint density at radius 1 is 1.59 bits per heavy atom. The molecule has 1 fully saturated rings. The van der Waals surface area contributed by atoms with E-state index >= 15 is 0 Å². The molecular formula is C12H16BrFN2S. The van der Waals surface area contributed by atoms with Gasteiger partial charge >= 0.3 is 0 Å². The smallest absolute Gasteiger partial charge is 0.166 e. The Hall–Kier alpha value is -0.290. The van der Waals surface area contributed by atoms with Crippen molar-refractivity contribution in [3.63, 3.8) is 0 Å². The highest BCUT2D eigenvalue weighted by molar-refractivity contribution is 9.10. The second-order valence-corrected chi connectivity index (χ2v) is 6.59. The summed E-state index contributed by atoms with van der Waals surface area (Å²) in [6.07, 6.45) is 5.17. The van der Waals surface area contributed by atoms with Gasteiger partial charge in [0, 0.05) is 22.0 Å². The average Bonchev–Trinajstić information content (AvgIpc) is 2.71. The van der Waals surface area contributed by atoms with E-state index < -0.39 is 0 Å². The molecule has 0 aromatic carbocycles. The van der Waals surface area contributed by atoms with Crippen LogP contribution in [0.25, 0.3) is 0 Å². The molecule has 1 N–H and O–H groups in total. The third-order valence-electron chi connectivity index (χ3n) is 2.96. The number of aromatic nitrogens is 1. The topological polar surface area (TPSA) is 24.9 Å². The van der Waals surface area contributed by atoms with Gasteiger partial charge in [0.15, 0.2) is 11.6 Å². The van der Waals surface area contributed by atoms with Gasteiger partial charge in [-0.25, -0.2) is 9.37 Å². The van der Waals surface area contributed by atoms with E-state index in [1.807, 2.05) is 11.8 Å². The minimum atomic E-state index is -0.286. The zero-order chi connectivity index (χ0) is 12.3. The second kappa shape index (κ2) is 6.05. The largest absolute Gasteiger partial charge is 0.364 e. The third-order valence-corrected chi connectivity index (χ3v) is 4.72. The van der Waals surface area contributed by atoms with Crippen LogP contribution < -0.4 is 5.32 Å². The normalized spacial score (nSPS) is 23.9. The average molecular weight is 319 g/mol. The van der Waals surface area contributed by atoms with Gasteiger partial charge in [0.2, 0.25) is 0 Å². The number of pyridine rings is 1. The van der Waals surface area contributed by atoms with E-state index in [4.69, 9.17) is 0 Å². The number of nitrogens with zero attached hydrogens (tertiary/aromatic N) is 1. The number of thioether (sulfide) groups is 1. The first-order chi connectivity index (χ1) is 8.20. The summed E-state index contributed by atoms with van der Waals surface area (Å²) < 4.78 is 14.3. The summed E-state index contributed by atoms with van der Waals surface area (Å²) in [6.45, 7) is 2.17. The van der Waals surface area contributed by atoms with Crippen LogP contribution in [0.3, 0.4) is 0 Å². The maximum absolute atomic E-state index is 13.7. The molecule has 0 bridgehead atoms. The number of halogens is 2. The maximum Gasteiger partial charge on any atom is 0.166 e. The van der Waals surface area contributed by atoms with Crippen LogP contribution in [-0.4, -0.2) is 22.0 Å². The molecule has 0 saturated heterocycles. The SMILES string of the molecule is CCSC1CCCC1Nc1ncc(Br)cc1F. The highest BCUT2D eigenvalue weighted by Crippen LogP contribution is 2.32. The van der Waals surface area contributed by atoms with Crippen LogP contribution in [0, 0.1) is 5.82 Å². The Balaban J connectivity index is 2.04. The van der Waals surface area contributed by atoms with Crippen molar-refractivity contribution < 1.29 is 4.39 Å². The fourth-order valence-electron chi connectivity index (χ4n) is 2.20. The summed E-state index contributed by atoms with van der Waals surface area (Å²) in [7, 11) is 0. The molecule has 0 radical (unpaired) electrons. The maximum atomic E-state index is 13.7. The minimum absolute atomic E-state index is 0.286. The highest BCUT2D eigenvalue weighted by Gasteiger charge is 2.27. The van der Waals surface area contributed by atoms with Crippen molar-refractivity contribution in [3.05, 3.63) is 22.6 Å². The van der Waals surface area contributed by atoms with Crippen LogP contribution in [-0.2, 0) is 0 Å². The van der Waals surface area contributed by atoms with E-state index in [0.29, 0.717) is 21.6 Å². The summed E-state index contributed by atoms with van der Waals surface area (Å²) >= 11 is 5.16. The molecule has 1 heterocycles. The quantitative estimate of drug-likeness (QED) is 0.905. The van der Waals surface area contributed by atoms with E-state index in [0.717, 1.165) is 12.2 Å². The van der Waals surface area contributed by atoms with Crippen molar-refractivity contribution in [1.29, 1.82) is 0 Å². The van der Waals surface area contributed by atoms with Crippen LogP contribution >= 0.6 is 27.7 Å². The van der Waals surface area contributed by atoms with Crippen molar-refractivity contribution in [2.24, 2.45) is 0 Å². The third kappa shape index (κ3) is 3.35. The number of hydrogen-bond acceptors (Lipinski definition) is 3. The molecule has 2 atom stereocenters. The molecule has 0 spiro atoms. The van der Waals surface area contributed by atoms with E-state index in [1.165, 1.54) is 18.9 Å². The summed E-state index contributed by atoms with van der Waals surface area (Å²) in [5, 5.41) is 3.83. The molecule has 1 aliphatic rings. The number of nitrogens with one attached hydrogen (secondary N) is 1. The Labute approximate surface area is 114 Å². The molecular weight excluding hydrogens is 303 g/mol. The predicted molar refractivity (Wildman–Crippen MR) is 75.1 cm³/mol. The Kier molecular flexibility index (Phi) is 4.68. The second-order valence-electron chi connectivity index (χ2n) is 4.16. The molecule has 5 heteroatoms. The van der Waals surface area contributed by atoms with Crippen LogP contribution in [0.2, 0.25) is 0 Å². The first kappa shape index (κ1) is 13.1. The molecule has 2 unspecified atom stereocenters. The molecule has 0 amide bonds. The van der Waals surface area contributed by atoms with Crippen LogP contribution in [0.1, 0.15) is 26.2 Å². The minimum Gasteiger partial charge on any atom is -0.364 e. The molecule has 17 heavy (non-hydrogen) atoms. The van der Waals surface area contributed by atoms with Crippen molar-refractivity contribution in [2.45, 2.75) is 37.5 Å². The zero-order valence-corrected chi connectivity index (χ0v) is 12.2. The lowest BCUT2D eigenvalue weighted by molar-refractivity contribution is 0.617. The lowest BCUT2D eigenvalue weighted by atomic mass is 10.2. The van der Waals surface area contributed by atoms with E-state index in [9.17, 15) is 4.39 Å².